The van der Waals surface area contributed by atoms with Crippen molar-refractivity contribution in [2.75, 3.05) is 7.11 Å². The molecule has 2 aromatic carbocycles. The number of nitrogens with one attached hydrogen (secondary N) is 1. The molecule has 26 heavy (non-hydrogen) atoms. The van der Waals surface area contributed by atoms with Crippen LogP contribution in [0.3, 0.4) is 0 Å². The molecule has 1 N–H and O–H groups in total. The predicted molar refractivity (Wildman–Crippen MR) is 97.3 cm³/mol. The molecule has 0 amide bonds. The van der Waals surface area contributed by atoms with Crippen LogP contribution in [0, 0.1) is 6.92 Å². The minimum absolute atomic E-state index is 0.186. The SMILES string of the molecule is COc1ccc(C)c(S(=O)(=O)NC(Cn2nccn2)c2ccccc2)c1. The van der Waals surface area contributed by atoms with Gasteiger partial charge in [-0.25, -0.2) is 13.1 Å². The first kappa shape index (κ1) is 18.1. The molecule has 0 radical (unpaired) electrons. The van der Waals surface area contributed by atoms with Crippen molar-refractivity contribution in [3.63, 3.8) is 0 Å². The number of sulfonamides is 1. The minimum Gasteiger partial charge on any atom is -0.497 e. The van der Waals surface area contributed by atoms with Crippen LogP contribution in [0.25, 0.3) is 0 Å². The van der Waals surface area contributed by atoms with Gasteiger partial charge in [0, 0.05) is 6.07 Å². The van der Waals surface area contributed by atoms with E-state index in [9.17, 15) is 8.42 Å². The number of aryl methyl sites for hydroxylation is 1. The molecule has 3 rings (SSSR count). The molecule has 0 fully saturated rings. The Morgan fingerprint density at radius 2 is 1.81 bits per heavy atom. The molecule has 136 valence electrons. The molecule has 8 heteroatoms. The Kier molecular flexibility index (Phi) is 5.34. The maximum atomic E-state index is 13.0. The van der Waals surface area contributed by atoms with Crippen molar-refractivity contribution in [3.05, 3.63) is 72.1 Å². The van der Waals surface area contributed by atoms with E-state index in [-0.39, 0.29) is 11.4 Å². The van der Waals surface area contributed by atoms with Gasteiger partial charge in [0.1, 0.15) is 5.75 Å². The van der Waals surface area contributed by atoms with E-state index in [2.05, 4.69) is 14.9 Å². The highest BCUT2D eigenvalue weighted by atomic mass is 32.2. The summed E-state index contributed by atoms with van der Waals surface area (Å²) in [6.07, 6.45) is 3.12. The number of hydrogen-bond donors (Lipinski definition) is 1. The number of ether oxygens (including phenoxy) is 1. The van der Waals surface area contributed by atoms with Gasteiger partial charge >= 0.3 is 0 Å². The second-order valence-corrected chi connectivity index (χ2v) is 7.48. The minimum atomic E-state index is -3.77. The van der Waals surface area contributed by atoms with E-state index in [1.165, 1.54) is 18.0 Å². The van der Waals surface area contributed by atoms with Crippen molar-refractivity contribution < 1.29 is 13.2 Å². The van der Waals surface area contributed by atoms with Crippen molar-refractivity contribution in [1.82, 2.24) is 19.7 Å². The predicted octanol–water partition coefficient (Wildman–Crippen LogP) is 2.31. The molecular weight excluding hydrogens is 352 g/mol. The van der Waals surface area contributed by atoms with Crippen molar-refractivity contribution >= 4 is 10.0 Å². The molecule has 1 atom stereocenters. The monoisotopic (exact) mass is 372 g/mol. The first-order valence-electron chi connectivity index (χ1n) is 8.05. The Morgan fingerprint density at radius 1 is 1.12 bits per heavy atom. The largest absolute Gasteiger partial charge is 0.497 e. The molecule has 1 heterocycles. The smallest absolute Gasteiger partial charge is 0.241 e. The number of hydrogen-bond acceptors (Lipinski definition) is 5. The van der Waals surface area contributed by atoms with Gasteiger partial charge in [0.15, 0.2) is 0 Å². The van der Waals surface area contributed by atoms with E-state index in [0.717, 1.165) is 5.56 Å². The molecule has 0 spiro atoms. The van der Waals surface area contributed by atoms with Crippen molar-refractivity contribution in [3.8, 4) is 5.75 Å². The van der Waals surface area contributed by atoms with Crippen LogP contribution < -0.4 is 9.46 Å². The summed E-state index contributed by atoms with van der Waals surface area (Å²) >= 11 is 0. The number of nitrogens with zero attached hydrogens (tertiary/aromatic N) is 3. The summed E-state index contributed by atoms with van der Waals surface area (Å²) in [6, 6.07) is 13.8. The lowest BCUT2D eigenvalue weighted by atomic mass is 10.1. The van der Waals surface area contributed by atoms with Gasteiger partial charge in [-0.15, -0.1) is 0 Å². The van der Waals surface area contributed by atoms with E-state index in [1.54, 1.807) is 31.5 Å². The number of methoxy groups -OCH3 is 1. The zero-order valence-electron chi connectivity index (χ0n) is 14.5. The Hall–Kier alpha value is -2.71. The number of benzene rings is 2. The highest BCUT2D eigenvalue weighted by molar-refractivity contribution is 7.89. The zero-order chi connectivity index (χ0) is 18.6. The van der Waals surface area contributed by atoms with Gasteiger partial charge in [-0.1, -0.05) is 36.4 Å². The summed E-state index contributed by atoms with van der Waals surface area (Å²) in [5.41, 5.74) is 1.47. The van der Waals surface area contributed by atoms with Gasteiger partial charge in [0.2, 0.25) is 10.0 Å². The van der Waals surface area contributed by atoms with E-state index >= 15 is 0 Å². The maximum absolute atomic E-state index is 13.0. The van der Waals surface area contributed by atoms with Crippen molar-refractivity contribution in [2.24, 2.45) is 0 Å². The summed E-state index contributed by atoms with van der Waals surface area (Å²) in [7, 11) is -2.27. The summed E-state index contributed by atoms with van der Waals surface area (Å²) in [4.78, 5) is 1.64. The highest BCUT2D eigenvalue weighted by Gasteiger charge is 2.24. The summed E-state index contributed by atoms with van der Waals surface area (Å²) < 4.78 is 34.0. The second kappa shape index (κ2) is 7.67. The van der Waals surface area contributed by atoms with Crippen LogP contribution in [0.4, 0.5) is 0 Å². The van der Waals surface area contributed by atoms with Gasteiger partial charge in [-0.05, 0) is 24.1 Å². The van der Waals surface area contributed by atoms with Gasteiger partial charge in [0.05, 0.1) is 37.0 Å². The fourth-order valence-electron chi connectivity index (χ4n) is 2.64. The fourth-order valence-corrected chi connectivity index (χ4v) is 4.12. The van der Waals surface area contributed by atoms with Crippen LogP contribution in [0.2, 0.25) is 0 Å². The first-order chi connectivity index (χ1) is 12.5. The zero-order valence-corrected chi connectivity index (χ0v) is 15.3. The van der Waals surface area contributed by atoms with Gasteiger partial charge in [0.25, 0.3) is 0 Å². The molecule has 0 aliphatic rings. The van der Waals surface area contributed by atoms with E-state index in [0.29, 0.717) is 11.3 Å². The lowest BCUT2D eigenvalue weighted by molar-refractivity contribution is 0.413. The lowest BCUT2D eigenvalue weighted by Crippen LogP contribution is -2.32. The summed E-state index contributed by atoms with van der Waals surface area (Å²) in [5.74, 6) is 0.487. The Labute approximate surface area is 152 Å². The molecule has 0 saturated carbocycles. The van der Waals surface area contributed by atoms with Crippen LogP contribution >= 0.6 is 0 Å². The normalized spacial score (nSPS) is 12.7. The fraction of sp³-hybridized carbons (Fsp3) is 0.222. The molecule has 1 aromatic heterocycles. The van der Waals surface area contributed by atoms with Crippen LogP contribution in [-0.2, 0) is 16.6 Å². The molecule has 0 aliphatic carbocycles. The van der Waals surface area contributed by atoms with Crippen molar-refractivity contribution in [2.45, 2.75) is 24.4 Å². The maximum Gasteiger partial charge on any atom is 0.241 e. The third kappa shape index (κ3) is 4.09. The average Bonchev–Trinajstić information content (AvgIpc) is 3.15. The molecule has 0 saturated heterocycles. The number of rotatable bonds is 7. The first-order valence-corrected chi connectivity index (χ1v) is 9.54. The van der Waals surface area contributed by atoms with Crippen molar-refractivity contribution in [1.29, 1.82) is 0 Å². The Bertz CT molecular complexity index is 957. The molecule has 3 aromatic rings. The topological polar surface area (TPSA) is 86.1 Å². The molecule has 0 aliphatic heterocycles. The molecule has 7 nitrogen and oxygen atoms in total. The Morgan fingerprint density at radius 3 is 2.46 bits per heavy atom. The standard InChI is InChI=1S/C18H20N4O3S/c1-14-8-9-16(25-2)12-18(14)26(23,24)21-17(13-22-19-10-11-20-22)15-6-4-3-5-7-15/h3-12,17,21H,13H2,1-2H3. The van der Waals surface area contributed by atoms with Crippen LogP contribution in [0.5, 0.6) is 5.75 Å². The number of aromatic nitrogens is 3. The Balaban J connectivity index is 1.95. The molecule has 1 unspecified atom stereocenters. The van der Waals surface area contributed by atoms with E-state index in [1.807, 2.05) is 30.3 Å². The molecule has 0 bridgehead atoms. The van der Waals surface area contributed by atoms with Gasteiger partial charge in [-0.3, -0.25) is 0 Å². The third-order valence-corrected chi connectivity index (χ3v) is 5.61. The molecular formula is C18H20N4O3S. The van der Waals surface area contributed by atoms with Crippen LogP contribution in [0.1, 0.15) is 17.2 Å². The van der Waals surface area contributed by atoms with E-state index in [4.69, 9.17) is 4.74 Å². The quantitative estimate of drug-likeness (QED) is 0.688. The lowest BCUT2D eigenvalue weighted by Gasteiger charge is -2.20. The summed E-state index contributed by atoms with van der Waals surface area (Å²) in [5, 5.41) is 8.16. The van der Waals surface area contributed by atoms with Gasteiger partial charge < -0.3 is 4.74 Å². The summed E-state index contributed by atoms with van der Waals surface area (Å²) in [6.45, 7) is 2.03. The van der Waals surface area contributed by atoms with Crippen LogP contribution in [-0.4, -0.2) is 30.5 Å². The second-order valence-electron chi connectivity index (χ2n) is 5.80. The third-order valence-electron chi connectivity index (χ3n) is 4.00. The highest BCUT2D eigenvalue weighted by Crippen LogP contribution is 2.24. The van der Waals surface area contributed by atoms with Gasteiger partial charge in [-0.2, -0.15) is 15.0 Å². The van der Waals surface area contributed by atoms with Crippen LogP contribution in [0.15, 0.2) is 65.8 Å². The average molecular weight is 372 g/mol. The van der Waals surface area contributed by atoms with E-state index < -0.39 is 16.1 Å².